The van der Waals surface area contributed by atoms with Crippen LogP contribution in [0.2, 0.25) is 0 Å². The molecule has 0 aliphatic heterocycles. The first-order valence-electron chi connectivity index (χ1n) is 3.45. The van der Waals surface area contributed by atoms with Crippen molar-refractivity contribution < 1.29 is 0 Å². The average molecular weight is 122 g/mol. The Morgan fingerprint density at radius 3 is 2.44 bits per heavy atom. The highest BCUT2D eigenvalue weighted by Crippen LogP contribution is 2.29. The van der Waals surface area contributed by atoms with Gasteiger partial charge in [-0.3, -0.25) is 0 Å². The van der Waals surface area contributed by atoms with Crippen LogP contribution in [0.3, 0.4) is 0 Å². The molecule has 1 aliphatic carbocycles. The van der Waals surface area contributed by atoms with Crippen LogP contribution in [-0.4, -0.2) is 0 Å². The molecule has 50 valence electrons. The first-order chi connectivity index (χ1) is 4.10. The van der Waals surface area contributed by atoms with Crippen molar-refractivity contribution in [3.8, 4) is 0 Å². The van der Waals surface area contributed by atoms with Crippen molar-refractivity contribution in [2.45, 2.75) is 27.2 Å². The maximum atomic E-state index is 2.26. The van der Waals surface area contributed by atoms with E-state index in [1.54, 1.807) is 0 Å². The second kappa shape index (κ2) is 2.02. The number of hydrogen-bond donors (Lipinski definition) is 0. The SMILES string of the molecule is CC1=CC=CC(C)(C)C1. The lowest BCUT2D eigenvalue weighted by Crippen LogP contribution is -2.09. The lowest BCUT2D eigenvalue weighted by atomic mass is 9.83. The molecule has 0 aromatic rings. The van der Waals surface area contributed by atoms with E-state index in [0.717, 1.165) is 0 Å². The first kappa shape index (κ1) is 6.60. The molecule has 0 unspecified atom stereocenters. The minimum Gasteiger partial charge on any atom is -0.0785 e. The zero-order chi connectivity index (χ0) is 6.91. The second-order valence-corrected chi connectivity index (χ2v) is 3.54. The van der Waals surface area contributed by atoms with Gasteiger partial charge in [-0.25, -0.2) is 0 Å². The van der Waals surface area contributed by atoms with E-state index in [0.29, 0.717) is 5.41 Å². The summed E-state index contributed by atoms with van der Waals surface area (Å²) in [7, 11) is 0. The fourth-order valence-corrected chi connectivity index (χ4v) is 1.31. The largest absolute Gasteiger partial charge is 0.0785 e. The molecule has 0 atom stereocenters. The van der Waals surface area contributed by atoms with Crippen molar-refractivity contribution in [2.24, 2.45) is 5.41 Å². The Hall–Kier alpha value is -0.520. The Kier molecular flexibility index (Phi) is 1.48. The van der Waals surface area contributed by atoms with E-state index in [1.807, 2.05) is 0 Å². The minimum absolute atomic E-state index is 0.402. The lowest BCUT2D eigenvalue weighted by molar-refractivity contribution is 0.470. The van der Waals surface area contributed by atoms with E-state index in [2.05, 4.69) is 39.0 Å². The minimum atomic E-state index is 0.402. The van der Waals surface area contributed by atoms with Gasteiger partial charge in [0.1, 0.15) is 0 Å². The average Bonchev–Trinajstić information content (AvgIpc) is 1.60. The molecule has 1 rings (SSSR count). The molecule has 0 bridgehead atoms. The van der Waals surface area contributed by atoms with Crippen molar-refractivity contribution in [2.75, 3.05) is 0 Å². The predicted molar refractivity (Wildman–Crippen MR) is 41.3 cm³/mol. The molecule has 0 amide bonds. The zero-order valence-corrected chi connectivity index (χ0v) is 6.44. The van der Waals surface area contributed by atoms with Gasteiger partial charge in [0.2, 0.25) is 0 Å². The Morgan fingerprint density at radius 1 is 1.44 bits per heavy atom. The van der Waals surface area contributed by atoms with Gasteiger partial charge in [0.05, 0.1) is 0 Å². The van der Waals surface area contributed by atoms with Gasteiger partial charge in [-0.2, -0.15) is 0 Å². The molecular weight excluding hydrogens is 108 g/mol. The van der Waals surface area contributed by atoms with E-state index in [1.165, 1.54) is 12.0 Å². The lowest BCUT2D eigenvalue weighted by Gasteiger charge is -2.22. The molecule has 0 N–H and O–H groups in total. The Labute approximate surface area is 57.3 Å². The van der Waals surface area contributed by atoms with Crippen LogP contribution in [0.25, 0.3) is 0 Å². The molecule has 0 fully saturated rings. The Balaban J connectivity index is 2.73. The van der Waals surface area contributed by atoms with Crippen LogP contribution >= 0.6 is 0 Å². The highest BCUT2D eigenvalue weighted by molar-refractivity contribution is 5.20. The quantitative estimate of drug-likeness (QED) is 0.463. The molecule has 0 aromatic carbocycles. The summed E-state index contributed by atoms with van der Waals surface area (Å²) in [6, 6.07) is 0. The van der Waals surface area contributed by atoms with Gasteiger partial charge in [0, 0.05) is 0 Å². The maximum Gasteiger partial charge on any atom is -0.0135 e. The number of rotatable bonds is 0. The molecule has 9 heavy (non-hydrogen) atoms. The van der Waals surface area contributed by atoms with E-state index >= 15 is 0 Å². The molecule has 0 heteroatoms. The van der Waals surface area contributed by atoms with Gasteiger partial charge in [0.25, 0.3) is 0 Å². The molecule has 0 spiro atoms. The van der Waals surface area contributed by atoms with Crippen LogP contribution in [0.1, 0.15) is 27.2 Å². The smallest absolute Gasteiger partial charge is 0.0135 e. The van der Waals surface area contributed by atoms with Crippen molar-refractivity contribution in [1.82, 2.24) is 0 Å². The third-order valence-corrected chi connectivity index (χ3v) is 1.66. The van der Waals surface area contributed by atoms with E-state index in [4.69, 9.17) is 0 Å². The Morgan fingerprint density at radius 2 is 2.11 bits per heavy atom. The van der Waals surface area contributed by atoms with Crippen LogP contribution in [0.4, 0.5) is 0 Å². The summed E-state index contributed by atoms with van der Waals surface area (Å²) in [6.07, 6.45) is 7.81. The summed E-state index contributed by atoms with van der Waals surface area (Å²) in [5.41, 5.74) is 1.89. The summed E-state index contributed by atoms with van der Waals surface area (Å²) in [4.78, 5) is 0. The van der Waals surface area contributed by atoms with E-state index in [9.17, 15) is 0 Å². The first-order valence-corrected chi connectivity index (χ1v) is 3.45. The standard InChI is InChI=1S/C9H14/c1-8-5-4-6-9(2,3)7-8/h4-6H,7H2,1-3H3. The zero-order valence-electron chi connectivity index (χ0n) is 6.44. The van der Waals surface area contributed by atoms with Crippen LogP contribution in [0, 0.1) is 5.41 Å². The van der Waals surface area contributed by atoms with Crippen molar-refractivity contribution in [3.63, 3.8) is 0 Å². The van der Waals surface area contributed by atoms with Crippen LogP contribution < -0.4 is 0 Å². The molecule has 0 aromatic heterocycles. The van der Waals surface area contributed by atoms with Crippen molar-refractivity contribution in [1.29, 1.82) is 0 Å². The van der Waals surface area contributed by atoms with Gasteiger partial charge in [0.15, 0.2) is 0 Å². The normalized spacial score (nSPS) is 23.7. The fraction of sp³-hybridized carbons (Fsp3) is 0.556. The molecule has 0 heterocycles. The molecule has 1 aliphatic rings. The molecule has 0 saturated heterocycles. The molecule has 0 nitrogen and oxygen atoms in total. The fourth-order valence-electron chi connectivity index (χ4n) is 1.31. The van der Waals surface area contributed by atoms with Gasteiger partial charge in [-0.15, -0.1) is 0 Å². The maximum absolute atomic E-state index is 2.26. The third kappa shape index (κ3) is 1.70. The van der Waals surface area contributed by atoms with Crippen molar-refractivity contribution in [3.05, 3.63) is 23.8 Å². The third-order valence-electron chi connectivity index (χ3n) is 1.66. The highest BCUT2D eigenvalue weighted by atomic mass is 14.2. The van der Waals surface area contributed by atoms with Gasteiger partial charge >= 0.3 is 0 Å². The van der Waals surface area contributed by atoms with E-state index in [-0.39, 0.29) is 0 Å². The van der Waals surface area contributed by atoms with Crippen LogP contribution in [0.15, 0.2) is 23.8 Å². The summed E-state index contributed by atoms with van der Waals surface area (Å²) in [5, 5.41) is 0. The van der Waals surface area contributed by atoms with Crippen LogP contribution in [0.5, 0.6) is 0 Å². The van der Waals surface area contributed by atoms with Crippen molar-refractivity contribution >= 4 is 0 Å². The van der Waals surface area contributed by atoms with Gasteiger partial charge in [-0.05, 0) is 18.8 Å². The monoisotopic (exact) mass is 122 g/mol. The summed E-state index contributed by atoms with van der Waals surface area (Å²) in [5.74, 6) is 0. The number of allylic oxidation sites excluding steroid dienone is 4. The van der Waals surface area contributed by atoms with Gasteiger partial charge < -0.3 is 0 Å². The van der Waals surface area contributed by atoms with Gasteiger partial charge in [-0.1, -0.05) is 37.6 Å². The predicted octanol–water partition coefficient (Wildman–Crippen LogP) is 2.92. The molecule has 0 saturated carbocycles. The highest BCUT2D eigenvalue weighted by Gasteiger charge is 2.15. The van der Waals surface area contributed by atoms with E-state index < -0.39 is 0 Å². The summed E-state index contributed by atoms with van der Waals surface area (Å²) < 4.78 is 0. The number of hydrogen-bond acceptors (Lipinski definition) is 0. The Bertz CT molecular complexity index is 159. The topological polar surface area (TPSA) is 0 Å². The molecular formula is C9H14. The van der Waals surface area contributed by atoms with Crippen LogP contribution in [-0.2, 0) is 0 Å². The molecule has 0 radical (unpaired) electrons. The second-order valence-electron chi connectivity index (χ2n) is 3.54. The summed E-state index contributed by atoms with van der Waals surface area (Å²) >= 11 is 0. The summed E-state index contributed by atoms with van der Waals surface area (Å²) in [6.45, 7) is 6.71.